The molecular weight excluding hydrogens is 254 g/mol. The van der Waals surface area contributed by atoms with Crippen LogP contribution in [0.5, 0.6) is 0 Å². The van der Waals surface area contributed by atoms with Crippen molar-refractivity contribution in [1.82, 2.24) is 9.88 Å². The van der Waals surface area contributed by atoms with Crippen LogP contribution in [-0.4, -0.2) is 40.1 Å². The fraction of sp³-hybridized carbons (Fsp3) is 0.600. The monoisotopic (exact) mass is 277 g/mol. The van der Waals surface area contributed by atoms with Gasteiger partial charge in [-0.1, -0.05) is 0 Å². The number of nitrogens with two attached hydrogens (primary N) is 1. The third kappa shape index (κ3) is 3.35. The van der Waals surface area contributed by atoms with E-state index < -0.39 is 0 Å². The molecule has 5 heteroatoms. The van der Waals surface area contributed by atoms with Crippen molar-refractivity contribution in [2.75, 3.05) is 13.1 Å². The lowest BCUT2D eigenvalue weighted by atomic mass is 9.98. The highest BCUT2D eigenvalue weighted by atomic mass is 16.5. The van der Waals surface area contributed by atoms with Crippen molar-refractivity contribution in [3.8, 4) is 0 Å². The number of carbonyl (C=O) groups is 1. The molecule has 0 unspecified atom stereocenters. The first kappa shape index (κ1) is 14.9. The van der Waals surface area contributed by atoms with Crippen LogP contribution in [0.4, 0.5) is 0 Å². The second-order valence-electron chi connectivity index (χ2n) is 6.52. The Morgan fingerprint density at radius 1 is 1.35 bits per heavy atom. The van der Waals surface area contributed by atoms with Gasteiger partial charge in [-0.2, -0.15) is 0 Å². The summed E-state index contributed by atoms with van der Waals surface area (Å²) in [6, 6.07) is 3.49. The lowest BCUT2D eigenvalue weighted by Crippen LogP contribution is -2.58. The molecule has 2 heterocycles. The lowest BCUT2D eigenvalue weighted by molar-refractivity contribution is -0.171. The third-order valence-electron chi connectivity index (χ3n) is 3.26. The van der Waals surface area contributed by atoms with Gasteiger partial charge >= 0.3 is 0 Å². The minimum atomic E-state index is -0.346. The molecule has 5 nitrogen and oxygen atoms in total. The van der Waals surface area contributed by atoms with Gasteiger partial charge < -0.3 is 15.4 Å². The number of morpholine rings is 1. The van der Waals surface area contributed by atoms with E-state index in [9.17, 15) is 4.79 Å². The summed E-state index contributed by atoms with van der Waals surface area (Å²) in [4.78, 5) is 18.6. The molecule has 0 atom stereocenters. The van der Waals surface area contributed by atoms with Crippen LogP contribution < -0.4 is 5.73 Å². The Morgan fingerprint density at radius 2 is 1.95 bits per heavy atom. The Kier molecular flexibility index (Phi) is 3.84. The molecule has 1 fully saturated rings. The number of nitrogens with zero attached hydrogens (tertiary/aromatic N) is 2. The highest BCUT2D eigenvalue weighted by Crippen LogP contribution is 2.28. The summed E-state index contributed by atoms with van der Waals surface area (Å²) in [5.41, 5.74) is 6.24. The van der Waals surface area contributed by atoms with Gasteiger partial charge in [0.05, 0.1) is 16.9 Å². The quantitative estimate of drug-likeness (QED) is 0.891. The van der Waals surface area contributed by atoms with Gasteiger partial charge in [0.2, 0.25) is 0 Å². The maximum Gasteiger partial charge on any atom is 0.254 e. The molecule has 0 aliphatic carbocycles. The first-order valence-electron chi connectivity index (χ1n) is 6.87. The normalized spacial score (nSPS) is 20.8. The standard InChI is InChI=1S/C15H23N3O2/c1-14(2)9-18(10-15(3,4)20-14)13(19)11-5-6-17-12(7-11)8-16/h5-7H,8-10,16H2,1-4H3. The van der Waals surface area contributed by atoms with Gasteiger partial charge in [-0.25, -0.2) is 0 Å². The number of rotatable bonds is 2. The molecule has 110 valence electrons. The van der Waals surface area contributed by atoms with E-state index in [0.29, 0.717) is 25.2 Å². The maximum atomic E-state index is 12.6. The molecular formula is C15H23N3O2. The van der Waals surface area contributed by atoms with Gasteiger partial charge in [0.1, 0.15) is 0 Å². The van der Waals surface area contributed by atoms with Gasteiger partial charge in [-0.15, -0.1) is 0 Å². The van der Waals surface area contributed by atoms with Crippen LogP contribution in [0, 0.1) is 0 Å². The first-order valence-corrected chi connectivity index (χ1v) is 6.87. The van der Waals surface area contributed by atoms with Crippen LogP contribution in [0.2, 0.25) is 0 Å². The van der Waals surface area contributed by atoms with Gasteiger partial charge in [0, 0.05) is 31.4 Å². The number of aromatic nitrogens is 1. The largest absolute Gasteiger partial charge is 0.366 e. The van der Waals surface area contributed by atoms with Crippen molar-refractivity contribution in [2.24, 2.45) is 5.73 Å². The maximum absolute atomic E-state index is 12.6. The number of hydrogen-bond donors (Lipinski definition) is 1. The van der Waals surface area contributed by atoms with Crippen molar-refractivity contribution in [2.45, 2.75) is 45.4 Å². The minimum Gasteiger partial charge on any atom is -0.366 e. The van der Waals surface area contributed by atoms with Gasteiger partial charge in [0.25, 0.3) is 5.91 Å². The van der Waals surface area contributed by atoms with Crippen LogP contribution in [0.25, 0.3) is 0 Å². The van der Waals surface area contributed by atoms with Crippen LogP contribution >= 0.6 is 0 Å². The zero-order valence-corrected chi connectivity index (χ0v) is 12.6. The topological polar surface area (TPSA) is 68.5 Å². The van der Waals surface area contributed by atoms with E-state index in [1.54, 1.807) is 18.3 Å². The van der Waals surface area contributed by atoms with E-state index in [2.05, 4.69) is 4.98 Å². The van der Waals surface area contributed by atoms with Crippen molar-refractivity contribution in [3.05, 3.63) is 29.6 Å². The van der Waals surface area contributed by atoms with E-state index in [0.717, 1.165) is 5.69 Å². The van der Waals surface area contributed by atoms with E-state index in [-0.39, 0.29) is 17.1 Å². The Labute approximate surface area is 120 Å². The Morgan fingerprint density at radius 3 is 2.50 bits per heavy atom. The van der Waals surface area contributed by atoms with Gasteiger partial charge in [0.15, 0.2) is 0 Å². The Bertz CT molecular complexity index is 496. The van der Waals surface area contributed by atoms with E-state index in [1.807, 2.05) is 32.6 Å². The van der Waals surface area contributed by atoms with E-state index in [1.165, 1.54) is 0 Å². The predicted octanol–water partition coefficient (Wildman–Crippen LogP) is 1.57. The number of pyridine rings is 1. The van der Waals surface area contributed by atoms with Crippen LogP contribution in [-0.2, 0) is 11.3 Å². The van der Waals surface area contributed by atoms with Crippen molar-refractivity contribution in [3.63, 3.8) is 0 Å². The van der Waals surface area contributed by atoms with Crippen molar-refractivity contribution in [1.29, 1.82) is 0 Å². The molecule has 20 heavy (non-hydrogen) atoms. The zero-order chi connectivity index (χ0) is 15.0. The summed E-state index contributed by atoms with van der Waals surface area (Å²) in [5.74, 6) is 0.00606. The first-order chi connectivity index (χ1) is 9.22. The summed E-state index contributed by atoms with van der Waals surface area (Å²) in [6.45, 7) is 9.52. The second-order valence-corrected chi connectivity index (χ2v) is 6.52. The summed E-state index contributed by atoms with van der Waals surface area (Å²) >= 11 is 0. The number of carbonyl (C=O) groups excluding carboxylic acids is 1. The molecule has 1 aromatic rings. The van der Waals surface area contributed by atoms with Crippen molar-refractivity contribution >= 4 is 5.91 Å². The summed E-state index contributed by atoms with van der Waals surface area (Å²) < 4.78 is 6.00. The molecule has 0 radical (unpaired) electrons. The summed E-state index contributed by atoms with van der Waals surface area (Å²) in [5, 5.41) is 0. The molecule has 0 bridgehead atoms. The van der Waals surface area contributed by atoms with E-state index >= 15 is 0 Å². The highest BCUT2D eigenvalue weighted by Gasteiger charge is 2.40. The van der Waals surface area contributed by atoms with Crippen molar-refractivity contribution < 1.29 is 9.53 Å². The fourth-order valence-corrected chi connectivity index (χ4v) is 2.84. The SMILES string of the molecule is CC1(C)CN(C(=O)c2ccnc(CN)c2)CC(C)(C)O1. The predicted molar refractivity (Wildman–Crippen MR) is 77.3 cm³/mol. The van der Waals surface area contributed by atoms with Crippen LogP contribution in [0.3, 0.4) is 0 Å². The Balaban J connectivity index is 2.23. The summed E-state index contributed by atoms with van der Waals surface area (Å²) in [6.07, 6.45) is 1.63. The highest BCUT2D eigenvalue weighted by molar-refractivity contribution is 5.94. The number of ether oxygens (including phenoxy) is 1. The molecule has 2 rings (SSSR count). The molecule has 1 amide bonds. The fourth-order valence-electron chi connectivity index (χ4n) is 2.84. The number of amides is 1. The summed E-state index contributed by atoms with van der Waals surface area (Å²) in [7, 11) is 0. The average molecular weight is 277 g/mol. The molecule has 1 aliphatic rings. The van der Waals surface area contributed by atoms with Crippen LogP contribution in [0.15, 0.2) is 18.3 Å². The second kappa shape index (κ2) is 5.14. The van der Waals surface area contributed by atoms with Gasteiger partial charge in [-0.05, 0) is 39.8 Å². The molecule has 1 aliphatic heterocycles. The molecule has 1 saturated heterocycles. The Hall–Kier alpha value is -1.46. The minimum absolute atomic E-state index is 0.00606. The lowest BCUT2D eigenvalue weighted by Gasteiger charge is -2.47. The molecule has 2 N–H and O–H groups in total. The molecule has 0 spiro atoms. The smallest absolute Gasteiger partial charge is 0.254 e. The zero-order valence-electron chi connectivity index (χ0n) is 12.6. The average Bonchev–Trinajstić information content (AvgIpc) is 2.34. The molecule has 0 saturated carbocycles. The molecule has 0 aromatic carbocycles. The molecule has 1 aromatic heterocycles. The third-order valence-corrected chi connectivity index (χ3v) is 3.26. The van der Waals surface area contributed by atoms with Gasteiger partial charge in [-0.3, -0.25) is 9.78 Å². The van der Waals surface area contributed by atoms with E-state index in [4.69, 9.17) is 10.5 Å². The number of hydrogen-bond acceptors (Lipinski definition) is 4. The van der Waals surface area contributed by atoms with Crippen LogP contribution in [0.1, 0.15) is 43.7 Å².